The summed E-state index contributed by atoms with van der Waals surface area (Å²) in [4.78, 5) is 11.3. The summed E-state index contributed by atoms with van der Waals surface area (Å²) in [6, 6.07) is 7.32. The summed E-state index contributed by atoms with van der Waals surface area (Å²) in [5.41, 5.74) is 0.703. The maximum Gasteiger partial charge on any atom is 0.306 e. The van der Waals surface area contributed by atoms with Crippen LogP contribution in [0.4, 0.5) is 0 Å². The molecule has 0 spiro atoms. The van der Waals surface area contributed by atoms with Crippen molar-refractivity contribution in [3.63, 3.8) is 0 Å². The number of benzene rings is 1. The second kappa shape index (κ2) is 6.92. The van der Waals surface area contributed by atoms with Gasteiger partial charge >= 0.3 is 5.97 Å². The maximum absolute atomic E-state index is 11.3. The van der Waals surface area contributed by atoms with E-state index in [1.165, 1.54) is 0 Å². The average molecular weight is 285 g/mol. The zero-order valence-corrected chi connectivity index (χ0v) is 12.4. The summed E-state index contributed by atoms with van der Waals surface area (Å²) < 4.78 is 5.58. The van der Waals surface area contributed by atoms with Crippen LogP contribution in [0.2, 0.25) is 5.02 Å². The van der Waals surface area contributed by atoms with E-state index < -0.39 is 11.9 Å². The molecule has 0 heterocycles. The van der Waals surface area contributed by atoms with Crippen LogP contribution in [0, 0.1) is 5.92 Å². The van der Waals surface area contributed by atoms with Crippen LogP contribution in [0.25, 0.3) is 0 Å². The number of carboxylic acid groups (broad SMARTS) is 1. The number of halogens is 1. The number of hydrogen-bond donors (Lipinski definition) is 1. The van der Waals surface area contributed by atoms with Crippen LogP contribution in [0.3, 0.4) is 0 Å². The van der Waals surface area contributed by atoms with Gasteiger partial charge in [-0.25, -0.2) is 0 Å². The molecule has 3 nitrogen and oxygen atoms in total. The molecule has 1 rings (SSSR count). The van der Waals surface area contributed by atoms with Crippen molar-refractivity contribution in [3.8, 4) is 0 Å². The molecule has 0 aliphatic heterocycles. The molecule has 0 aromatic heterocycles. The highest BCUT2D eigenvalue weighted by Crippen LogP contribution is 2.18. The molecule has 1 N–H and O–H groups in total. The van der Waals surface area contributed by atoms with Gasteiger partial charge in [0.15, 0.2) is 0 Å². The van der Waals surface area contributed by atoms with Crippen LogP contribution in [-0.4, -0.2) is 23.3 Å². The van der Waals surface area contributed by atoms with Crippen molar-refractivity contribution in [1.29, 1.82) is 0 Å². The van der Waals surface area contributed by atoms with E-state index in [0.717, 1.165) is 5.56 Å². The van der Waals surface area contributed by atoms with Gasteiger partial charge in [0.25, 0.3) is 0 Å². The molecule has 0 aliphatic carbocycles. The Balaban J connectivity index is 2.56. The first kappa shape index (κ1) is 16.0. The van der Waals surface area contributed by atoms with E-state index in [1.54, 1.807) is 6.07 Å². The van der Waals surface area contributed by atoms with Gasteiger partial charge in [-0.05, 0) is 51.3 Å². The van der Waals surface area contributed by atoms with Crippen LogP contribution >= 0.6 is 11.6 Å². The lowest BCUT2D eigenvalue weighted by Crippen LogP contribution is -2.24. The molecule has 19 heavy (non-hydrogen) atoms. The molecule has 0 saturated carbocycles. The second-order valence-corrected chi connectivity index (χ2v) is 6.06. The van der Waals surface area contributed by atoms with E-state index in [0.29, 0.717) is 24.5 Å². The highest BCUT2D eigenvalue weighted by molar-refractivity contribution is 6.30. The SMILES string of the molecule is CC(C)(C)OCCC(Cc1cccc(Cl)c1)C(=O)O. The molecule has 106 valence electrons. The smallest absolute Gasteiger partial charge is 0.306 e. The standard InChI is InChI=1S/C15H21ClO3/c1-15(2,3)19-8-7-12(14(17)18)9-11-5-4-6-13(16)10-11/h4-6,10,12H,7-9H2,1-3H3,(H,17,18). The van der Waals surface area contributed by atoms with Gasteiger partial charge < -0.3 is 9.84 Å². The van der Waals surface area contributed by atoms with Crippen LogP contribution in [0.15, 0.2) is 24.3 Å². The minimum absolute atomic E-state index is 0.237. The zero-order chi connectivity index (χ0) is 14.5. The number of carbonyl (C=O) groups is 1. The minimum atomic E-state index is -0.794. The van der Waals surface area contributed by atoms with Gasteiger partial charge in [0.1, 0.15) is 0 Å². The van der Waals surface area contributed by atoms with Crippen LogP contribution in [0.5, 0.6) is 0 Å². The van der Waals surface area contributed by atoms with Crippen LogP contribution in [0.1, 0.15) is 32.8 Å². The quantitative estimate of drug-likeness (QED) is 0.864. The Kier molecular flexibility index (Phi) is 5.83. The van der Waals surface area contributed by atoms with Crippen molar-refractivity contribution in [1.82, 2.24) is 0 Å². The summed E-state index contributed by atoms with van der Waals surface area (Å²) in [5.74, 6) is -1.24. The van der Waals surface area contributed by atoms with Gasteiger partial charge in [-0.2, -0.15) is 0 Å². The largest absolute Gasteiger partial charge is 0.481 e. The van der Waals surface area contributed by atoms with Gasteiger partial charge in [0.2, 0.25) is 0 Å². The third-order valence-electron chi connectivity index (χ3n) is 2.72. The van der Waals surface area contributed by atoms with E-state index in [9.17, 15) is 9.90 Å². The number of rotatable bonds is 6. The average Bonchev–Trinajstić information content (AvgIpc) is 2.26. The molecule has 0 saturated heterocycles. The fourth-order valence-corrected chi connectivity index (χ4v) is 1.98. The van der Waals surface area contributed by atoms with Crippen molar-refractivity contribution in [2.75, 3.05) is 6.61 Å². The summed E-state index contributed by atoms with van der Waals surface area (Å²) in [6.07, 6.45) is 0.975. The Hall–Kier alpha value is -1.06. The molecule has 1 aromatic rings. The molecule has 0 aliphatic rings. The van der Waals surface area contributed by atoms with E-state index in [-0.39, 0.29) is 5.60 Å². The van der Waals surface area contributed by atoms with Crippen molar-refractivity contribution < 1.29 is 14.6 Å². The summed E-state index contributed by atoms with van der Waals surface area (Å²) >= 11 is 5.90. The fraction of sp³-hybridized carbons (Fsp3) is 0.533. The lowest BCUT2D eigenvalue weighted by Gasteiger charge is -2.21. The lowest BCUT2D eigenvalue weighted by atomic mass is 9.96. The third kappa shape index (κ3) is 6.60. The zero-order valence-electron chi connectivity index (χ0n) is 11.6. The first-order valence-corrected chi connectivity index (χ1v) is 6.77. The Bertz CT molecular complexity index is 424. The van der Waals surface area contributed by atoms with Gasteiger partial charge in [-0.3, -0.25) is 4.79 Å². The normalized spacial score (nSPS) is 13.3. The van der Waals surface area contributed by atoms with Crippen LogP contribution in [-0.2, 0) is 16.0 Å². The summed E-state index contributed by atoms with van der Waals surface area (Å²) in [7, 11) is 0. The van der Waals surface area contributed by atoms with E-state index >= 15 is 0 Å². The molecule has 0 fully saturated rings. The molecular formula is C15H21ClO3. The van der Waals surface area contributed by atoms with Gasteiger partial charge in [0.05, 0.1) is 11.5 Å². The molecule has 4 heteroatoms. The molecule has 1 atom stereocenters. The summed E-state index contributed by atoms with van der Waals surface area (Å²) in [6.45, 7) is 6.32. The Morgan fingerprint density at radius 2 is 2.11 bits per heavy atom. The van der Waals surface area contributed by atoms with Crippen molar-refractivity contribution in [3.05, 3.63) is 34.9 Å². The summed E-state index contributed by atoms with van der Waals surface area (Å²) in [5, 5.41) is 9.88. The predicted molar refractivity (Wildman–Crippen MR) is 76.6 cm³/mol. The number of hydrogen-bond acceptors (Lipinski definition) is 2. The predicted octanol–water partition coefficient (Wildman–Crippen LogP) is 3.79. The van der Waals surface area contributed by atoms with Gasteiger partial charge in [0, 0.05) is 11.6 Å². The lowest BCUT2D eigenvalue weighted by molar-refractivity contribution is -0.142. The topological polar surface area (TPSA) is 46.5 Å². The Morgan fingerprint density at radius 3 is 2.63 bits per heavy atom. The number of carboxylic acids is 1. The molecule has 1 aromatic carbocycles. The van der Waals surface area contributed by atoms with Crippen molar-refractivity contribution in [2.45, 2.75) is 39.2 Å². The van der Waals surface area contributed by atoms with E-state index in [2.05, 4.69) is 0 Å². The molecule has 0 radical (unpaired) electrons. The van der Waals surface area contributed by atoms with Gasteiger partial charge in [-0.1, -0.05) is 23.7 Å². The van der Waals surface area contributed by atoms with E-state index in [1.807, 2.05) is 39.0 Å². The molecule has 1 unspecified atom stereocenters. The Labute approximate surface area is 119 Å². The first-order valence-electron chi connectivity index (χ1n) is 6.39. The second-order valence-electron chi connectivity index (χ2n) is 5.62. The van der Waals surface area contributed by atoms with E-state index in [4.69, 9.17) is 16.3 Å². The van der Waals surface area contributed by atoms with Crippen LogP contribution < -0.4 is 0 Å². The number of ether oxygens (including phenoxy) is 1. The number of aliphatic carboxylic acids is 1. The first-order chi connectivity index (χ1) is 8.78. The fourth-order valence-electron chi connectivity index (χ4n) is 1.77. The molecule has 0 amide bonds. The maximum atomic E-state index is 11.3. The molecular weight excluding hydrogens is 264 g/mol. The highest BCUT2D eigenvalue weighted by Gasteiger charge is 2.19. The van der Waals surface area contributed by atoms with Crippen molar-refractivity contribution in [2.24, 2.45) is 5.92 Å². The minimum Gasteiger partial charge on any atom is -0.481 e. The monoisotopic (exact) mass is 284 g/mol. The molecule has 0 bridgehead atoms. The van der Waals surface area contributed by atoms with Crippen molar-refractivity contribution >= 4 is 17.6 Å². The third-order valence-corrected chi connectivity index (χ3v) is 2.96. The highest BCUT2D eigenvalue weighted by atomic mass is 35.5. The Morgan fingerprint density at radius 1 is 1.42 bits per heavy atom. The van der Waals surface area contributed by atoms with Gasteiger partial charge in [-0.15, -0.1) is 0 Å².